The molecule has 118 valence electrons. The highest BCUT2D eigenvalue weighted by Gasteiger charge is 2.12. The van der Waals surface area contributed by atoms with E-state index in [1.807, 2.05) is 18.6 Å². The monoisotopic (exact) mass is 333 g/mol. The fraction of sp³-hybridized carbons (Fsp3) is 0.412. The van der Waals surface area contributed by atoms with E-state index in [2.05, 4.69) is 59.2 Å². The van der Waals surface area contributed by atoms with Crippen molar-refractivity contribution in [2.24, 2.45) is 0 Å². The molecule has 0 atom stereocenters. The molecule has 1 aromatic carbocycles. The van der Waals surface area contributed by atoms with Gasteiger partial charge in [-0.2, -0.15) is 0 Å². The molecule has 3 nitrogen and oxygen atoms in total. The highest BCUT2D eigenvalue weighted by Crippen LogP contribution is 2.19. The van der Waals surface area contributed by atoms with Crippen molar-refractivity contribution >= 4 is 23.5 Å². The average molecular weight is 334 g/mol. The summed E-state index contributed by atoms with van der Waals surface area (Å²) >= 11 is 3.36. The van der Waals surface area contributed by atoms with Crippen LogP contribution >= 0.6 is 23.5 Å². The molecule has 0 amide bonds. The molecule has 0 aliphatic rings. The van der Waals surface area contributed by atoms with E-state index in [1.54, 1.807) is 23.5 Å². The van der Waals surface area contributed by atoms with Crippen LogP contribution in [0.15, 0.2) is 46.7 Å². The smallest absolute Gasteiger partial charge is 0.187 e. The van der Waals surface area contributed by atoms with Crippen LogP contribution in [0.5, 0.6) is 0 Å². The predicted octanol–water partition coefficient (Wildman–Crippen LogP) is 4.33. The van der Waals surface area contributed by atoms with Gasteiger partial charge in [0.15, 0.2) is 5.16 Å². The highest BCUT2D eigenvalue weighted by molar-refractivity contribution is 7.98. The maximum absolute atomic E-state index is 4.37. The SMILES string of the molecule is CSc1cccc(CN(Cc2cnc(SC)nc2)C(C)C)c1. The van der Waals surface area contributed by atoms with E-state index in [4.69, 9.17) is 0 Å². The second-order valence-electron chi connectivity index (χ2n) is 5.43. The number of nitrogens with zero attached hydrogens (tertiary/aromatic N) is 3. The van der Waals surface area contributed by atoms with Crippen molar-refractivity contribution in [3.05, 3.63) is 47.8 Å². The summed E-state index contributed by atoms with van der Waals surface area (Å²) in [7, 11) is 0. The lowest BCUT2D eigenvalue weighted by molar-refractivity contribution is 0.203. The van der Waals surface area contributed by atoms with Gasteiger partial charge in [0.05, 0.1) is 0 Å². The summed E-state index contributed by atoms with van der Waals surface area (Å²) < 4.78 is 0. The van der Waals surface area contributed by atoms with E-state index in [0.29, 0.717) is 6.04 Å². The Morgan fingerprint density at radius 2 is 1.68 bits per heavy atom. The van der Waals surface area contributed by atoms with Crippen LogP contribution in [0.3, 0.4) is 0 Å². The van der Waals surface area contributed by atoms with Crippen molar-refractivity contribution in [1.29, 1.82) is 0 Å². The van der Waals surface area contributed by atoms with Gasteiger partial charge in [0, 0.05) is 42.0 Å². The topological polar surface area (TPSA) is 29.0 Å². The van der Waals surface area contributed by atoms with Crippen molar-refractivity contribution in [3.8, 4) is 0 Å². The summed E-state index contributed by atoms with van der Waals surface area (Å²) in [4.78, 5) is 12.5. The number of thioether (sulfide) groups is 2. The quantitative estimate of drug-likeness (QED) is 0.555. The van der Waals surface area contributed by atoms with E-state index in [-0.39, 0.29) is 0 Å². The zero-order valence-electron chi connectivity index (χ0n) is 13.6. The van der Waals surface area contributed by atoms with Crippen molar-refractivity contribution in [1.82, 2.24) is 14.9 Å². The molecular formula is C17H23N3S2. The Hall–Kier alpha value is -1.04. The Morgan fingerprint density at radius 1 is 1.00 bits per heavy atom. The first-order valence-electron chi connectivity index (χ1n) is 7.34. The molecule has 1 aromatic heterocycles. The van der Waals surface area contributed by atoms with Gasteiger partial charge < -0.3 is 0 Å². The van der Waals surface area contributed by atoms with Gasteiger partial charge >= 0.3 is 0 Å². The first kappa shape index (κ1) is 17.3. The molecule has 0 fully saturated rings. The summed E-state index contributed by atoms with van der Waals surface area (Å²) in [6, 6.07) is 9.23. The van der Waals surface area contributed by atoms with Crippen LogP contribution in [0, 0.1) is 0 Å². The fourth-order valence-corrected chi connectivity index (χ4v) is 2.99. The zero-order chi connectivity index (χ0) is 15.9. The van der Waals surface area contributed by atoms with Crippen LogP contribution in [-0.2, 0) is 13.1 Å². The number of benzene rings is 1. The van der Waals surface area contributed by atoms with E-state index >= 15 is 0 Å². The minimum absolute atomic E-state index is 0.471. The van der Waals surface area contributed by atoms with Crippen LogP contribution in [0.4, 0.5) is 0 Å². The molecule has 2 rings (SSSR count). The summed E-state index contributed by atoms with van der Waals surface area (Å²) in [6.07, 6.45) is 7.98. The lowest BCUT2D eigenvalue weighted by Gasteiger charge is -2.26. The number of rotatable bonds is 7. The van der Waals surface area contributed by atoms with Crippen molar-refractivity contribution in [2.75, 3.05) is 12.5 Å². The van der Waals surface area contributed by atoms with Crippen LogP contribution in [0.1, 0.15) is 25.0 Å². The second-order valence-corrected chi connectivity index (χ2v) is 7.08. The van der Waals surface area contributed by atoms with Crippen LogP contribution in [-0.4, -0.2) is 33.4 Å². The molecule has 5 heteroatoms. The van der Waals surface area contributed by atoms with Crippen LogP contribution < -0.4 is 0 Å². The molecule has 0 saturated heterocycles. The maximum atomic E-state index is 4.37. The van der Waals surface area contributed by atoms with Gasteiger partial charge in [-0.15, -0.1) is 11.8 Å². The number of aromatic nitrogens is 2. The molecule has 2 aromatic rings. The summed E-state index contributed by atoms with van der Waals surface area (Å²) in [6.45, 7) is 6.28. The minimum Gasteiger partial charge on any atom is -0.292 e. The average Bonchev–Trinajstić information content (AvgIpc) is 2.55. The predicted molar refractivity (Wildman–Crippen MR) is 96.4 cm³/mol. The Kier molecular flexibility index (Phi) is 6.73. The lowest BCUT2D eigenvalue weighted by atomic mass is 10.1. The van der Waals surface area contributed by atoms with Crippen molar-refractivity contribution in [2.45, 2.75) is 43.0 Å². The first-order chi connectivity index (χ1) is 10.6. The molecule has 0 N–H and O–H groups in total. The third-order valence-electron chi connectivity index (χ3n) is 3.50. The Labute approximate surface area is 141 Å². The second kappa shape index (κ2) is 8.56. The Bertz CT molecular complexity index is 585. The maximum Gasteiger partial charge on any atom is 0.187 e. The molecule has 0 aliphatic carbocycles. The third kappa shape index (κ3) is 5.00. The Balaban J connectivity index is 2.08. The van der Waals surface area contributed by atoms with E-state index in [1.165, 1.54) is 10.5 Å². The van der Waals surface area contributed by atoms with E-state index in [0.717, 1.165) is 23.8 Å². The third-order valence-corrected chi connectivity index (χ3v) is 4.80. The van der Waals surface area contributed by atoms with Crippen molar-refractivity contribution in [3.63, 3.8) is 0 Å². The first-order valence-corrected chi connectivity index (χ1v) is 9.79. The molecule has 0 aliphatic heterocycles. The molecule has 0 spiro atoms. The Morgan fingerprint density at radius 3 is 2.27 bits per heavy atom. The highest BCUT2D eigenvalue weighted by atomic mass is 32.2. The summed E-state index contributed by atoms with van der Waals surface area (Å²) in [5, 5.41) is 0.826. The molecule has 1 heterocycles. The van der Waals surface area contributed by atoms with Gasteiger partial charge in [-0.05, 0) is 44.1 Å². The standard InChI is InChI=1S/C17H23N3S2/c1-13(2)20(11-14-6-5-7-16(8-14)21-3)12-15-9-18-17(22-4)19-10-15/h5-10,13H,11-12H2,1-4H3. The van der Waals surface area contributed by atoms with Gasteiger partial charge in [-0.1, -0.05) is 23.9 Å². The van der Waals surface area contributed by atoms with E-state index in [9.17, 15) is 0 Å². The minimum atomic E-state index is 0.471. The van der Waals surface area contributed by atoms with Crippen LogP contribution in [0.25, 0.3) is 0 Å². The number of hydrogen-bond donors (Lipinski definition) is 0. The molecular weight excluding hydrogens is 310 g/mol. The van der Waals surface area contributed by atoms with Gasteiger partial charge in [0.1, 0.15) is 0 Å². The zero-order valence-corrected chi connectivity index (χ0v) is 15.2. The molecule has 0 bridgehead atoms. The van der Waals surface area contributed by atoms with Crippen LogP contribution in [0.2, 0.25) is 0 Å². The summed E-state index contributed by atoms with van der Waals surface area (Å²) in [5.41, 5.74) is 2.51. The van der Waals surface area contributed by atoms with Crippen molar-refractivity contribution < 1.29 is 0 Å². The fourth-order valence-electron chi connectivity index (χ4n) is 2.19. The largest absolute Gasteiger partial charge is 0.292 e. The van der Waals surface area contributed by atoms with Gasteiger partial charge in [0.25, 0.3) is 0 Å². The van der Waals surface area contributed by atoms with Gasteiger partial charge in [0.2, 0.25) is 0 Å². The molecule has 22 heavy (non-hydrogen) atoms. The molecule has 0 unspecified atom stereocenters. The number of hydrogen-bond acceptors (Lipinski definition) is 5. The van der Waals surface area contributed by atoms with Gasteiger partial charge in [-0.3, -0.25) is 4.90 Å². The molecule has 0 saturated carbocycles. The normalized spacial score (nSPS) is 11.4. The summed E-state index contributed by atoms with van der Waals surface area (Å²) in [5.74, 6) is 0. The lowest BCUT2D eigenvalue weighted by Crippen LogP contribution is -2.30. The van der Waals surface area contributed by atoms with E-state index < -0.39 is 0 Å². The van der Waals surface area contributed by atoms with Gasteiger partial charge in [-0.25, -0.2) is 9.97 Å². The molecule has 0 radical (unpaired) electrons.